The zero-order chi connectivity index (χ0) is 13.4. The van der Waals surface area contributed by atoms with Crippen molar-refractivity contribution >= 4 is 32.9 Å². The molecule has 6 heteroatoms. The van der Waals surface area contributed by atoms with Crippen LogP contribution in [-0.2, 0) is 0 Å². The number of nitro benzene ring substituents is 1. The summed E-state index contributed by atoms with van der Waals surface area (Å²) in [7, 11) is 0. The normalized spacial score (nSPS) is 10.7. The van der Waals surface area contributed by atoms with E-state index in [9.17, 15) is 10.1 Å². The maximum Gasteiger partial charge on any atom is 0.278 e. The Morgan fingerprint density at radius 1 is 1.21 bits per heavy atom. The number of hydrogen-bond acceptors (Lipinski definition) is 5. The Labute approximate surface area is 112 Å². The van der Waals surface area contributed by atoms with Crippen molar-refractivity contribution < 1.29 is 4.92 Å². The average molecular weight is 271 g/mol. The van der Waals surface area contributed by atoms with Gasteiger partial charge in [-0.3, -0.25) is 10.1 Å². The fourth-order valence-electron chi connectivity index (χ4n) is 1.98. The van der Waals surface area contributed by atoms with E-state index in [1.165, 1.54) is 17.4 Å². The highest BCUT2D eigenvalue weighted by molar-refractivity contribution is 7.22. The molecule has 0 bridgehead atoms. The number of aromatic nitrogens is 1. The van der Waals surface area contributed by atoms with Crippen molar-refractivity contribution in [3.05, 3.63) is 52.7 Å². The van der Waals surface area contributed by atoms with Crippen LogP contribution in [0.25, 0.3) is 20.7 Å². The molecular formula is C13H9N3O2S. The maximum absolute atomic E-state index is 11.1. The molecule has 0 aliphatic heterocycles. The predicted octanol–water partition coefficient (Wildman–Crippen LogP) is 3.45. The summed E-state index contributed by atoms with van der Waals surface area (Å²) in [5.74, 6) is 0. The molecule has 0 fully saturated rings. The molecule has 1 aromatic carbocycles. The van der Waals surface area contributed by atoms with Crippen molar-refractivity contribution in [2.24, 2.45) is 0 Å². The number of nitrogens with two attached hydrogens (primary N) is 1. The Hall–Kier alpha value is -2.47. The van der Waals surface area contributed by atoms with Crippen LogP contribution in [0.3, 0.4) is 0 Å². The van der Waals surface area contributed by atoms with Crippen LogP contribution in [0, 0.1) is 10.1 Å². The van der Waals surface area contributed by atoms with Crippen LogP contribution in [0.4, 0.5) is 11.4 Å². The van der Waals surface area contributed by atoms with E-state index in [1.807, 2.05) is 6.07 Å². The molecule has 0 atom stereocenters. The summed E-state index contributed by atoms with van der Waals surface area (Å²) in [5.41, 5.74) is 7.22. The average Bonchev–Trinajstić information content (AvgIpc) is 2.76. The van der Waals surface area contributed by atoms with E-state index in [0.717, 1.165) is 10.2 Å². The quantitative estimate of drug-likeness (QED) is 0.571. The van der Waals surface area contributed by atoms with Gasteiger partial charge in [0.05, 0.1) is 21.1 Å². The van der Waals surface area contributed by atoms with Crippen LogP contribution in [0.1, 0.15) is 0 Å². The number of thiophene rings is 1. The van der Waals surface area contributed by atoms with Crippen molar-refractivity contribution in [1.29, 1.82) is 0 Å². The number of nitro groups is 1. The van der Waals surface area contributed by atoms with E-state index in [-0.39, 0.29) is 5.69 Å². The maximum atomic E-state index is 11.1. The standard InChI is InChI=1S/C13H9N3O2S/c14-11-9-5-3-7-15-13(9)19-12(11)8-4-1-2-6-10(8)16(17)18/h1-7H,14H2. The molecule has 0 radical (unpaired) electrons. The molecule has 0 aliphatic rings. The van der Waals surface area contributed by atoms with E-state index in [2.05, 4.69) is 4.98 Å². The van der Waals surface area contributed by atoms with Gasteiger partial charge in [-0.05, 0) is 18.2 Å². The lowest BCUT2D eigenvalue weighted by Crippen LogP contribution is -1.92. The van der Waals surface area contributed by atoms with E-state index in [0.29, 0.717) is 16.1 Å². The van der Waals surface area contributed by atoms with Crippen molar-refractivity contribution in [2.45, 2.75) is 0 Å². The van der Waals surface area contributed by atoms with E-state index in [1.54, 1.807) is 30.5 Å². The molecule has 0 unspecified atom stereocenters. The summed E-state index contributed by atoms with van der Waals surface area (Å²) in [4.78, 5) is 16.4. The van der Waals surface area contributed by atoms with Gasteiger partial charge in [0.2, 0.25) is 0 Å². The molecule has 0 amide bonds. The third-order valence-electron chi connectivity index (χ3n) is 2.85. The molecule has 5 nitrogen and oxygen atoms in total. The number of hydrogen-bond donors (Lipinski definition) is 1. The molecule has 2 N–H and O–H groups in total. The number of anilines is 1. The topological polar surface area (TPSA) is 82.0 Å². The van der Waals surface area contributed by atoms with Gasteiger partial charge < -0.3 is 5.73 Å². The van der Waals surface area contributed by atoms with Crippen molar-refractivity contribution in [3.63, 3.8) is 0 Å². The minimum Gasteiger partial charge on any atom is -0.397 e. The fourth-order valence-corrected chi connectivity index (χ4v) is 3.07. The van der Waals surface area contributed by atoms with E-state index >= 15 is 0 Å². The van der Waals surface area contributed by atoms with Crippen LogP contribution in [0.2, 0.25) is 0 Å². The van der Waals surface area contributed by atoms with E-state index in [4.69, 9.17) is 5.73 Å². The van der Waals surface area contributed by atoms with Gasteiger partial charge in [-0.2, -0.15) is 0 Å². The Kier molecular flexibility index (Phi) is 2.64. The van der Waals surface area contributed by atoms with Crippen LogP contribution in [0.15, 0.2) is 42.6 Å². The van der Waals surface area contributed by atoms with Gasteiger partial charge in [-0.25, -0.2) is 4.98 Å². The first kappa shape index (κ1) is 11.6. The molecule has 0 saturated heterocycles. The van der Waals surface area contributed by atoms with Gasteiger partial charge in [0.1, 0.15) is 4.83 Å². The predicted molar refractivity (Wildman–Crippen MR) is 76.1 cm³/mol. The number of nitrogen functional groups attached to an aromatic ring is 1. The molecule has 0 spiro atoms. The largest absolute Gasteiger partial charge is 0.397 e. The SMILES string of the molecule is Nc1c(-c2ccccc2[N+](=O)[O-])sc2ncccc12. The van der Waals surface area contributed by atoms with Gasteiger partial charge in [-0.15, -0.1) is 11.3 Å². The number of para-hydroxylation sites is 1. The Balaban J connectivity index is 2.31. The second kappa shape index (κ2) is 4.33. The smallest absolute Gasteiger partial charge is 0.278 e. The monoisotopic (exact) mass is 271 g/mol. The highest BCUT2D eigenvalue weighted by atomic mass is 32.1. The van der Waals surface area contributed by atoms with Crippen LogP contribution in [-0.4, -0.2) is 9.91 Å². The van der Waals surface area contributed by atoms with Gasteiger partial charge in [0, 0.05) is 17.6 Å². The van der Waals surface area contributed by atoms with Crippen molar-refractivity contribution in [1.82, 2.24) is 4.98 Å². The van der Waals surface area contributed by atoms with Crippen LogP contribution >= 0.6 is 11.3 Å². The summed E-state index contributed by atoms with van der Waals surface area (Å²) < 4.78 is 0. The molecule has 3 aromatic rings. The van der Waals surface area contributed by atoms with Gasteiger partial charge >= 0.3 is 0 Å². The third-order valence-corrected chi connectivity index (χ3v) is 4.01. The number of pyridine rings is 1. The Bertz CT molecular complexity index is 782. The lowest BCUT2D eigenvalue weighted by Gasteiger charge is -2.01. The lowest BCUT2D eigenvalue weighted by atomic mass is 10.1. The molecule has 0 saturated carbocycles. The molecule has 2 aromatic heterocycles. The van der Waals surface area contributed by atoms with Gasteiger partial charge in [-0.1, -0.05) is 12.1 Å². The lowest BCUT2D eigenvalue weighted by molar-refractivity contribution is -0.384. The zero-order valence-corrected chi connectivity index (χ0v) is 10.6. The summed E-state index contributed by atoms with van der Waals surface area (Å²) in [6.07, 6.45) is 1.68. The van der Waals surface area contributed by atoms with Crippen LogP contribution < -0.4 is 5.73 Å². The van der Waals surface area contributed by atoms with E-state index < -0.39 is 4.92 Å². The molecule has 0 aliphatic carbocycles. The number of nitrogens with zero attached hydrogens (tertiary/aromatic N) is 2. The molecule has 3 rings (SSSR count). The highest BCUT2D eigenvalue weighted by Crippen LogP contribution is 2.42. The summed E-state index contributed by atoms with van der Waals surface area (Å²) >= 11 is 1.37. The molecule has 19 heavy (non-hydrogen) atoms. The third kappa shape index (κ3) is 1.82. The van der Waals surface area contributed by atoms with Crippen molar-refractivity contribution in [3.8, 4) is 10.4 Å². The minimum atomic E-state index is -0.396. The zero-order valence-electron chi connectivity index (χ0n) is 9.74. The van der Waals surface area contributed by atoms with Gasteiger partial charge in [0.15, 0.2) is 0 Å². The molecule has 94 valence electrons. The second-order valence-electron chi connectivity index (χ2n) is 3.98. The van der Waals surface area contributed by atoms with Gasteiger partial charge in [0.25, 0.3) is 5.69 Å². The molecule has 2 heterocycles. The first-order valence-electron chi connectivity index (χ1n) is 5.55. The summed E-state index contributed by atoms with van der Waals surface area (Å²) in [6, 6.07) is 10.3. The van der Waals surface area contributed by atoms with Crippen LogP contribution in [0.5, 0.6) is 0 Å². The summed E-state index contributed by atoms with van der Waals surface area (Å²) in [6.45, 7) is 0. The highest BCUT2D eigenvalue weighted by Gasteiger charge is 2.19. The summed E-state index contributed by atoms with van der Waals surface area (Å²) in [5, 5.41) is 11.9. The number of benzene rings is 1. The minimum absolute atomic E-state index is 0.0563. The first-order valence-corrected chi connectivity index (χ1v) is 6.37. The number of fused-ring (bicyclic) bond motifs is 1. The first-order chi connectivity index (χ1) is 9.18. The number of rotatable bonds is 2. The molecular weight excluding hydrogens is 262 g/mol. The Morgan fingerprint density at radius 2 is 2.00 bits per heavy atom. The fraction of sp³-hybridized carbons (Fsp3) is 0. The second-order valence-corrected chi connectivity index (χ2v) is 4.97. The Morgan fingerprint density at radius 3 is 2.74 bits per heavy atom. The van der Waals surface area contributed by atoms with Crippen molar-refractivity contribution in [2.75, 3.05) is 5.73 Å².